The smallest absolute Gasteiger partial charge is 0.119 e. The minimum Gasteiger partial charge on any atom is -0.248 e. The first-order valence-corrected chi connectivity index (χ1v) is 5.14. The summed E-state index contributed by atoms with van der Waals surface area (Å²) in [7, 11) is 0. The molecule has 11 heavy (non-hydrogen) atoms. The molecule has 0 saturated carbocycles. The third-order valence-electron chi connectivity index (χ3n) is 1.09. The summed E-state index contributed by atoms with van der Waals surface area (Å²) >= 11 is 5.21. The normalized spacial score (nSPS) is 10.5. The van der Waals surface area contributed by atoms with E-state index in [9.17, 15) is 0 Å². The Labute approximate surface area is 79.7 Å². The van der Waals surface area contributed by atoms with Gasteiger partial charge in [0.05, 0.1) is 0 Å². The maximum absolute atomic E-state index is 4.13. The minimum absolute atomic E-state index is 0.607. The van der Waals surface area contributed by atoms with Gasteiger partial charge in [-0.2, -0.15) is 0 Å². The van der Waals surface area contributed by atoms with E-state index in [0.29, 0.717) is 5.25 Å². The van der Waals surface area contributed by atoms with E-state index in [4.69, 9.17) is 0 Å². The highest BCUT2D eigenvalue weighted by molar-refractivity contribution is 9.10. The first-order chi connectivity index (χ1) is 5.20. The average Bonchev–Trinajstić information content (AvgIpc) is 1.93. The van der Waals surface area contributed by atoms with E-state index < -0.39 is 0 Å². The fourth-order valence-electron chi connectivity index (χ4n) is 0.713. The van der Waals surface area contributed by atoms with Crippen LogP contribution in [-0.4, -0.2) is 10.2 Å². The lowest BCUT2D eigenvalue weighted by Gasteiger charge is -2.04. The molecule has 0 spiro atoms. The highest BCUT2D eigenvalue weighted by atomic mass is 79.9. The van der Waals surface area contributed by atoms with Crippen LogP contribution in [0.2, 0.25) is 0 Å². The molecule has 0 radical (unpaired) electrons. The number of aromatic nitrogens is 1. The lowest BCUT2D eigenvalue weighted by atomic mass is 10.5. The largest absolute Gasteiger partial charge is 0.248 e. The Morgan fingerprint density at radius 3 is 2.82 bits per heavy atom. The number of hydrogen-bond acceptors (Lipinski definition) is 2. The molecule has 0 atom stereocenters. The van der Waals surface area contributed by atoms with Crippen molar-refractivity contribution in [2.24, 2.45) is 0 Å². The van der Waals surface area contributed by atoms with Gasteiger partial charge in [0.2, 0.25) is 0 Å². The molecule has 0 aliphatic heterocycles. The Morgan fingerprint density at radius 2 is 2.27 bits per heavy atom. The van der Waals surface area contributed by atoms with Gasteiger partial charge in [0.1, 0.15) is 4.60 Å². The molecular formula is C8H10BrNS. The van der Waals surface area contributed by atoms with Crippen LogP contribution in [0.1, 0.15) is 13.8 Å². The number of halogens is 1. The van der Waals surface area contributed by atoms with Crippen LogP contribution in [0, 0.1) is 0 Å². The Bertz CT molecular complexity index is 237. The maximum Gasteiger partial charge on any atom is 0.119 e. The Kier molecular flexibility index (Phi) is 3.40. The molecule has 60 valence electrons. The molecule has 3 heteroatoms. The predicted octanol–water partition coefficient (Wildman–Crippen LogP) is 3.34. The van der Waals surface area contributed by atoms with Crippen molar-refractivity contribution >= 4 is 27.7 Å². The first kappa shape index (κ1) is 9.07. The van der Waals surface area contributed by atoms with E-state index in [-0.39, 0.29) is 0 Å². The van der Waals surface area contributed by atoms with Gasteiger partial charge in [0, 0.05) is 16.3 Å². The van der Waals surface area contributed by atoms with Crippen molar-refractivity contribution in [3.05, 3.63) is 22.9 Å². The second-order valence-electron chi connectivity index (χ2n) is 2.46. The predicted molar refractivity (Wildman–Crippen MR) is 52.9 cm³/mol. The summed E-state index contributed by atoms with van der Waals surface area (Å²) < 4.78 is 0.943. The zero-order chi connectivity index (χ0) is 8.27. The lowest BCUT2D eigenvalue weighted by molar-refractivity contribution is 1.09. The molecule has 0 fully saturated rings. The molecule has 0 saturated heterocycles. The van der Waals surface area contributed by atoms with Gasteiger partial charge in [0.15, 0.2) is 0 Å². The fraction of sp³-hybridized carbons (Fsp3) is 0.375. The second kappa shape index (κ2) is 4.12. The topological polar surface area (TPSA) is 12.9 Å². The van der Waals surface area contributed by atoms with Gasteiger partial charge >= 0.3 is 0 Å². The van der Waals surface area contributed by atoms with Crippen LogP contribution in [0.15, 0.2) is 27.8 Å². The Balaban J connectivity index is 2.78. The third kappa shape index (κ3) is 2.83. The molecule has 0 aromatic carbocycles. The molecule has 1 rings (SSSR count). The fourth-order valence-corrected chi connectivity index (χ4v) is 2.06. The van der Waals surface area contributed by atoms with Crippen LogP contribution >= 0.6 is 27.7 Å². The van der Waals surface area contributed by atoms with E-state index in [1.54, 1.807) is 6.20 Å². The standard InChI is InChI=1S/C8H10BrNS/c1-6(2)11-7-4-3-5-10-8(7)9/h3-6H,1-2H3. The van der Waals surface area contributed by atoms with Crippen molar-refractivity contribution in [1.82, 2.24) is 4.98 Å². The average molecular weight is 232 g/mol. The molecule has 1 nitrogen and oxygen atoms in total. The third-order valence-corrected chi connectivity index (χ3v) is 3.04. The van der Waals surface area contributed by atoms with Crippen molar-refractivity contribution < 1.29 is 0 Å². The molecule has 0 unspecified atom stereocenters. The SMILES string of the molecule is CC(C)Sc1cccnc1Br. The highest BCUT2D eigenvalue weighted by Gasteiger charge is 2.01. The van der Waals surface area contributed by atoms with E-state index in [0.717, 1.165) is 4.60 Å². The summed E-state index contributed by atoms with van der Waals surface area (Å²) in [5.74, 6) is 0. The van der Waals surface area contributed by atoms with E-state index in [2.05, 4.69) is 40.8 Å². The Hall–Kier alpha value is -0.0200. The molecule has 0 N–H and O–H groups in total. The van der Waals surface area contributed by atoms with Crippen LogP contribution in [-0.2, 0) is 0 Å². The molecule has 0 aliphatic carbocycles. The van der Waals surface area contributed by atoms with Gasteiger partial charge < -0.3 is 0 Å². The molecule has 1 aromatic rings. The summed E-state index contributed by atoms with van der Waals surface area (Å²) in [5, 5.41) is 0.607. The van der Waals surface area contributed by atoms with Crippen LogP contribution in [0.25, 0.3) is 0 Å². The van der Waals surface area contributed by atoms with Crippen LogP contribution in [0.3, 0.4) is 0 Å². The summed E-state index contributed by atoms with van der Waals surface area (Å²) in [6.45, 7) is 4.34. The van der Waals surface area contributed by atoms with Crippen LogP contribution in [0.5, 0.6) is 0 Å². The van der Waals surface area contributed by atoms with Crippen molar-refractivity contribution in [2.45, 2.75) is 24.0 Å². The van der Waals surface area contributed by atoms with Crippen molar-refractivity contribution in [3.63, 3.8) is 0 Å². The molecule has 1 aromatic heterocycles. The monoisotopic (exact) mass is 231 g/mol. The van der Waals surface area contributed by atoms with Crippen molar-refractivity contribution in [3.8, 4) is 0 Å². The van der Waals surface area contributed by atoms with Gasteiger partial charge in [-0.15, -0.1) is 11.8 Å². The van der Waals surface area contributed by atoms with Gasteiger partial charge in [0.25, 0.3) is 0 Å². The minimum atomic E-state index is 0.607. The number of nitrogens with zero attached hydrogens (tertiary/aromatic N) is 1. The molecular weight excluding hydrogens is 222 g/mol. The quantitative estimate of drug-likeness (QED) is 0.573. The zero-order valence-electron chi connectivity index (χ0n) is 6.54. The molecule has 1 heterocycles. The number of thioether (sulfide) groups is 1. The summed E-state index contributed by atoms with van der Waals surface area (Å²) in [6.07, 6.45) is 1.79. The van der Waals surface area contributed by atoms with Crippen molar-refractivity contribution in [1.29, 1.82) is 0 Å². The lowest BCUT2D eigenvalue weighted by Crippen LogP contribution is -1.87. The van der Waals surface area contributed by atoms with Crippen LogP contribution < -0.4 is 0 Å². The highest BCUT2D eigenvalue weighted by Crippen LogP contribution is 2.28. The van der Waals surface area contributed by atoms with Gasteiger partial charge in [-0.25, -0.2) is 4.98 Å². The van der Waals surface area contributed by atoms with Crippen LogP contribution in [0.4, 0.5) is 0 Å². The van der Waals surface area contributed by atoms with E-state index >= 15 is 0 Å². The first-order valence-electron chi connectivity index (χ1n) is 3.47. The summed E-state index contributed by atoms with van der Waals surface area (Å²) in [4.78, 5) is 5.34. The van der Waals surface area contributed by atoms with E-state index in [1.165, 1.54) is 4.90 Å². The van der Waals surface area contributed by atoms with E-state index in [1.807, 2.05) is 17.8 Å². The van der Waals surface area contributed by atoms with Gasteiger partial charge in [-0.1, -0.05) is 13.8 Å². The molecule has 0 amide bonds. The number of hydrogen-bond donors (Lipinski definition) is 0. The summed E-state index contributed by atoms with van der Waals surface area (Å²) in [6, 6.07) is 4.03. The number of pyridine rings is 1. The molecule has 0 bridgehead atoms. The molecule has 0 aliphatic rings. The Morgan fingerprint density at radius 1 is 1.55 bits per heavy atom. The second-order valence-corrected chi connectivity index (χ2v) is 4.83. The van der Waals surface area contributed by atoms with Gasteiger partial charge in [-0.3, -0.25) is 0 Å². The van der Waals surface area contributed by atoms with Crippen molar-refractivity contribution in [2.75, 3.05) is 0 Å². The number of rotatable bonds is 2. The maximum atomic E-state index is 4.13. The summed E-state index contributed by atoms with van der Waals surface area (Å²) in [5.41, 5.74) is 0. The zero-order valence-corrected chi connectivity index (χ0v) is 8.95. The van der Waals surface area contributed by atoms with Gasteiger partial charge in [-0.05, 0) is 28.1 Å².